The van der Waals surface area contributed by atoms with Gasteiger partial charge < -0.3 is 5.11 Å². The lowest BCUT2D eigenvalue weighted by Crippen LogP contribution is -1.95. The second kappa shape index (κ2) is 10.4. The van der Waals surface area contributed by atoms with Crippen LogP contribution in [-0.4, -0.2) is 11.2 Å². The molecular formula is C7H15NO. The summed E-state index contributed by atoms with van der Waals surface area (Å²) in [7, 11) is 0. The Kier molecular flexibility index (Phi) is 13.1. The van der Waals surface area contributed by atoms with Crippen LogP contribution >= 0.6 is 0 Å². The standard InChI is InChI=1S/C5H12O.C2H3N/c1-3-4-5(2)6;1-2-3/h5-6H,3-4H2,1-2H3;1H3. The zero-order valence-electron chi connectivity index (χ0n) is 6.39. The number of hydrogen-bond donors (Lipinski definition) is 1. The summed E-state index contributed by atoms with van der Waals surface area (Å²) >= 11 is 0. The molecule has 0 rings (SSSR count). The molecule has 0 saturated carbocycles. The fourth-order valence-electron chi connectivity index (χ4n) is 0.418. The van der Waals surface area contributed by atoms with Crippen molar-refractivity contribution in [2.45, 2.75) is 39.7 Å². The van der Waals surface area contributed by atoms with Crippen LogP contribution in [0.4, 0.5) is 0 Å². The van der Waals surface area contributed by atoms with Gasteiger partial charge in [-0.15, -0.1) is 0 Å². The summed E-state index contributed by atoms with van der Waals surface area (Å²) in [5.41, 5.74) is 0. The molecule has 0 heterocycles. The maximum atomic E-state index is 8.55. The molecule has 1 atom stereocenters. The Morgan fingerprint density at radius 2 is 2.00 bits per heavy atom. The molecule has 0 aromatic carbocycles. The number of nitriles is 1. The van der Waals surface area contributed by atoms with Crippen molar-refractivity contribution in [3.05, 3.63) is 0 Å². The van der Waals surface area contributed by atoms with E-state index in [0.29, 0.717) is 0 Å². The van der Waals surface area contributed by atoms with Gasteiger partial charge in [-0.25, -0.2) is 0 Å². The third kappa shape index (κ3) is 36.9. The van der Waals surface area contributed by atoms with Gasteiger partial charge in [0, 0.05) is 6.92 Å². The maximum Gasteiger partial charge on any atom is 0.0587 e. The molecule has 0 aliphatic heterocycles. The Morgan fingerprint density at radius 3 is 2.00 bits per heavy atom. The van der Waals surface area contributed by atoms with E-state index in [1.165, 1.54) is 6.92 Å². The number of rotatable bonds is 2. The second-order valence-corrected chi connectivity index (χ2v) is 1.86. The zero-order chi connectivity index (χ0) is 7.70. The molecule has 0 aliphatic carbocycles. The van der Waals surface area contributed by atoms with Gasteiger partial charge in [0.15, 0.2) is 0 Å². The number of aliphatic hydroxyl groups excluding tert-OH is 1. The third-order valence-electron chi connectivity index (χ3n) is 0.706. The molecule has 0 amide bonds. The summed E-state index contributed by atoms with van der Waals surface area (Å²) in [6.07, 6.45) is 1.91. The third-order valence-corrected chi connectivity index (χ3v) is 0.706. The first kappa shape index (κ1) is 11.3. The highest BCUT2D eigenvalue weighted by Gasteiger charge is 1.87. The van der Waals surface area contributed by atoms with Crippen LogP contribution in [-0.2, 0) is 0 Å². The van der Waals surface area contributed by atoms with Crippen molar-refractivity contribution in [2.75, 3.05) is 0 Å². The van der Waals surface area contributed by atoms with Crippen molar-refractivity contribution < 1.29 is 5.11 Å². The molecule has 0 aromatic heterocycles. The van der Waals surface area contributed by atoms with E-state index < -0.39 is 0 Å². The topological polar surface area (TPSA) is 44.0 Å². The van der Waals surface area contributed by atoms with Crippen LogP contribution in [0.3, 0.4) is 0 Å². The number of hydrogen-bond acceptors (Lipinski definition) is 2. The predicted octanol–water partition coefficient (Wildman–Crippen LogP) is 1.70. The number of nitrogens with zero attached hydrogens (tertiary/aromatic N) is 1. The van der Waals surface area contributed by atoms with E-state index in [0.717, 1.165) is 12.8 Å². The minimum absolute atomic E-state index is 0.102. The van der Waals surface area contributed by atoms with Crippen molar-refractivity contribution in [3.8, 4) is 6.07 Å². The minimum atomic E-state index is -0.102. The van der Waals surface area contributed by atoms with Gasteiger partial charge in [-0.05, 0) is 13.3 Å². The normalized spacial score (nSPS) is 10.6. The molecule has 2 nitrogen and oxygen atoms in total. The Hall–Kier alpha value is -0.550. The van der Waals surface area contributed by atoms with Gasteiger partial charge >= 0.3 is 0 Å². The average molecular weight is 129 g/mol. The summed E-state index contributed by atoms with van der Waals surface area (Å²) in [6, 6.07) is 1.75. The average Bonchev–Trinajstić information content (AvgIpc) is 1.67. The lowest BCUT2D eigenvalue weighted by Gasteiger charge is -1.95. The van der Waals surface area contributed by atoms with Gasteiger partial charge in [0.25, 0.3) is 0 Å². The highest BCUT2D eigenvalue weighted by atomic mass is 16.3. The van der Waals surface area contributed by atoms with Crippen LogP contribution in [0.1, 0.15) is 33.6 Å². The van der Waals surface area contributed by atoms with E-state index in [4.69, 9.17) is 10.4 Å². The molecule has 0 fully saturated rings. The minimum Gasteiger partial charge on any atom is -0.393 e. The van der Waals surface area contributed by atoms with Crippen molar-refractivity contribution in [1.82, 2.24) is 0 Å². The summed E-state index contributed by atoms with van der Waals surface area (Å²) in [4.78, 5) is 0. The van der Waals surface area contributed by atoms with Crippen molar-refractivity contribution >= 4 is 0 Å². The van der Waals surface area contributed by atoms with Crippen molar-refractivity contribution in [3.63, 3.8) is 0 Å². The van der Waals surface area contributed by atoms with Gasteiger partial charge in [-0.3, -0.25) is 0 Å². The van der Waals surface area contributed by atoms with E-state index in [-0.39, 0.29) is 6.10 Å². The van der Waals surface area contributed by atoms with Gasteiger partial charge in [0.05, 0.1) is 12.2 Å². The predicted molar refractivity (Wildman–Crippen MR) is 37.9 cm³/mol. The molecule has 54 valence electrons. The lowest BCUT2D eigenvalue weighted by molar-refractivity contribution is 0.183. The van der Waals surface area contributed by atoms with Crippen LogP contribution in [0.5, 0.6) is 0 Å². The first-order valence-electron chi connectivity index (χ1n) is 3.17. The first-order valence-corrected chi connectivity index (χ1v) is 3.17. The van der Waals surface area contributed by atoms with E-state index >= 15 is 0 Å². The van der Waals surface area contributed by atoms with Crippen molar-refractivity contribution in [2.24, 2.45) is 0 Å². The molecule has 2 heteroatoms. The first-order chi connectivity index (χ1) is 4.18. The van der Waals surface area contributed by atoms with Crippen LogP contribution in [0.25, 0.3) is 0 Å². The molecule has 0 bridgehead atoms. The lowest BCUT2D eigenvalue weighted by atomic mass is 10.2. The van der Waals surface area contributed by atoms with Gasteiger partial charge in [-0.2, -0.15) is 5.26 Å². The highest BCUT2D eigenvalue weighted by molar-refractivity contribution is 4.51. The smallest absolute Gasteiger partial charge is 0.0587 e. The summed E-state index contributed by atoms with van der Waals surface area (Å²) in [5.74, 6) is 0. The van der Waals surface area contributed by atoms with Crippen LogP contribution in [0.2, 0.25) is 0 Å². The molecule has 0 aliphatic rings. The molecule has 0 spiro atoms. The van der Waals surface area contributed by atoms with E-state index in [2.05, 4.69) is 6.92 Å². The molecule has 1 unspecified atom stereocenters. The number of aliphatic hydroxyl groups is 1. The monoisotopic (exact) mass is 129 g/mol. The zero-order valence-corrected chi connectivity index (χ0v) is 6.39. The maximum absolute atomic E-state index is 8.55. The van der Waals surface area contributed by atoms with Crippen LogP contribution in [0.15, 0.2) is 0 Å². The van der Waals surface area contributed by atoms with E-state index in [1.807, 2.05) is 6.92 Å². The van der Waals surface area contributed by atoms with Crippen molar-refractivity contribution in [1.29, 1.82) is 5.26 Å². The molecule has 1 N–H and O–H groups in total. The summed E-state index contributed by atoms with van der Waals surface area (Å²) in [5, 5.41) is 15.9. The fourth-order valence-corrected chi connectivity index (χ4v) is 0.418. The Labute approximate surface area is 57.1 Å². The van der Waals surface area contributed by atoms with Gasteiger partial charge in [0.1, 0.15) is 0 Å². The molecule has 0 radical (unpaired) electrons. The molecule has 0 saturated heterocycles. The fraction of sp³-hybridized carbons (Fsp3) is 0.857. The SMILES string of the molecule is CC#N.CCCC(C)O. The molecule has 9 heavy (non-hydrogen) atoms. The Bertz CT molecular complexity index is 73.5. The van der Waals surface area contributed by atoms with E-state index in [1.54, 1.807) is 6.07 Å². The summed E-state index contributed by atoms with van der Waals surface area (Å²) < 4.78 is 0. The van der Waals surface area contributed by atoms with Gasteiger partial charge in [-0.1, -0.05) is 13.3 Å². The summed E-state index contributed by atoms with van der Waals surface area (Å²) in [6.45, 7) is 5.30. The van der Waals surface area contributed by atoms with Crippen LogP contribution in [0, 0.1) is 11.3 Å². The second-order valence-electron chi connectivity index (χ2n) is 1.86. The highest BCUT2D eigenvalue weighted by Crippen LogP contribution is 1.91. The van der Waals surface area contributed by atoms with E-state index in [9.17, 15) is 0 Å². The largest absolute Gasteiger partial charge is 0.393 e. The Morgan fingerprint density at radius 1 is 1.67 bits per heavy atom. The molecular weight excluding hydrogens is 114 g/mol. The Balaban J connectivity index is 0. The van der Waals surface area contributed by atoms with Gasteiger partial charge in [0.2, 0.25) is 0 Å². The quantitative estimate of drug-likeness (QED) is 0.616. The van der Waals surface area contributed by atoms with Crippen LogP contribution < -0.4 is 0 Å². The molecule has 0 aromatic rings.